The average Bonchev–Trinajstić information content (AvgIpc) is 2.77. The SMILES string of the molecule is CCC(CCN)CCC(=O)NCC1CCC(C)C1. The number of nitrogens with one attached hydrogen (secondary N) is 1. The molecule has 1 amide bonds. The van der Waals surface area contributed by atoms with E-state index in [1.807, 2.05) is 0 Å². The Balaban J connectivity index is 2.09. The molecule has 18 heavy (non-hydrogen) atoms. The van der Waals surface area contributed by atoms with Crippen LogP contribution in [0.1, 0.15) is 58.8 Å². The van der Waals surface area contributed by atoms with Crippen LogP contribution in [0, 0.1) is 17.8 Å². The van der Waals surface area contributed by atoms with Gasteiger partial charge in [0, 0.05) is 13.0 Å². The highest BCUT2D eigenvalue weighted by molar-refractivity contribution is 5.75. The second-order valence-electron chi connectivity index (χ2n) is 5.98. The molecule has 3 N–H and O–H groups in total. The van der Waals surface area contributed by atoms with E-state index in [1.165, 1.54) is 19.3 Å². The van der Waals surface area contributed by atoms with E-state index in [-0.39, 0.29) is 5.91 Å². The molecule has 0 aliphatic heterocycles. The van der Waals surface area contributed by atoms with Gasteiger partial charge in [0.1, 0.15) is 0 Å². The molecule has 0 aromatic carbocycles. The lowest BCUT2D eigenvalue weighted by Gasteiger charge is -2.14. The Hall–Kier alpha value is -0.570. The zero-order valence-corrected chi connectivity index (χ0v) is 12.1. The number of hydrogen-bond donors (Lipinski definition) is 2. The van der Waals surface area contributed by atoms with Crippen molar-refractivity contribution in [2.45, 2.75) is 58.8 Å². The van der Waals surface area contributed by atoms with Crippen molar-refractivity contribution in [3.8, 4) is 0 Å². The second-order valence-corrected chi connectivity index (χ2v) is 5.98. The summed E-state index contributed by atoms with van der Waals surface area (Å²) in [6.45, 7) is 6.11. The van der Waals surface area contributed by atoms with Crippen LogP contribution in [0.2, 0.25) is 0 Å². The summed E-state index contributed by atoms with van der Waals surface area (Å²) in [5.74, 6) is 2.41. The lowest BCUT2D eigenvalue weighted by molar-refractivity contribution is -0.121. The van der Waals surface area contributed by atoms with Crippen molar-refractivity contribution in [1.82, 2.24) is 5.32 Å². The van der Waals surface area contributed by atoms with Crippen LogP contribution < -0.4 is 11.1 Å². The van der Waals surface area contributed by atoms with E-state index in [0.717, 1.165) is 44.2 Å². The predicted octanol–water partition coefficient (Wildman–Crippen LogP) is 2.69. The minimum atomic E-state index is 0.227. The molecule has 1 fully saturated rings. The monoisotopic (exact) mass is 254 g/mol. The van der Waals surface area contributed by atoms with Gasteiger partial charge >= 0.3 is 0 Å². The summed E-state index contributed by atoms with van der Waals surface area (Å²) < 4.78 is 0. The molecular formula is C15H30N2O. The summed E-state index contributed by atoms with van der Waals surface area (Å²) in [6, 6.07) is 0. The smallest absolute Gasteiger partial charge is 0.220 e. The van der Waals surface area contributed by atoms with Gasteiger partial charge in [0.05, 0.1) is 0 Å². The molecule has 3 unspecified atom stereocenters. The van der Waals surface area contributed by atoms with Gasteiger partial charge in [0.2, 0.25) is 5.91 Å². The summed E-state index contributed by atoms with van der Waals surface area (Å²) in [5, 5.41) is 3.10. The van der Waals surface area contributed by atoms with Gasteiger partial charge < -0.3 is 11.1 Å². The fraction of sp³-hybridized carbons (Fsp3) is 0.933. The third kappa shape index (κ3) is 5.85. The molecule has 0 spiro atoms. The molecule has 0 heterocycles. The zero-order valence-electron chi connectivity index (χ0n) is 12.1. The molecule has 0 aromatic rings. The summed E-state index contributed by atoms with van der Waals surface area (Å²) in [4.78, 5) is 11.8. The van der Waals surface area contributed by atoms with Crippen LogP contribution in [0.3, 0.4) is 0 Å². The van der Waals surface area contributed by atoms with Crippen molar-refractivity contribution in [1.29, 1.82) is 0 Å². The third-order valence-electron chi connectivity index (χ3n) is 4.32. The van der Waals surface area contributed by atoms with Crippen LogP contribution >= 0.6 is 0 Å². The van der Waals surface area contributed by atoms with E-state index in [1.54, 1.807) is 0 Å². The van der Waals surface area contributed by atoms with Gasteiger partial charge in [-0.05, 0) is 50.0 Å². The number of carbonyl (C=O) groups excluding carboxylic acids is 1. The highest BCUT2D eigenvalue weighted by Crippen LogP contribution is 2.29. The molecular weight excluding hydrogens is 224 g/mol. The number of carbonyl (C=O) groups is 1. The highest BCUT2D eigenvalue weighted by atomic mass is 16.1. The lowest BCUT2D eigenvalue weighted by atomic mass is 9.96. The maximum Gasteiger partial charge on any atom is 0.220 e. The van der Waals surface area contributed by atoms with E-state index >= 15 is 0 Å². The molecule has 0 aromatic heterocycles. The quantitative estimate of drug-likeness (QED) is 0.699. The van der Waals surface area contributed by atoms with Gasteiger partial charge in [-0.15, -0.1) is 0 Å². The van der Waals surface area contributed by atoms with E-state index in [9.17, 15) is 4.79 Å². The third-order valence-corrected chi connectivity index (χ3v) is 4.32. The molecule has 106 valence electrons. The van der Waals surface area contributed by atoms with Gasteiger partial charge in [-0.1, -0.05) is 26.7 Å². The van der Waals surface area contributed by atoms with Gasteiger partial charge in [0.25, 0.3) is 0 Å². The Bertz CT molecular complexity index is 233. The fourth-order valence-electron chi connectivity index (χ4n) is 2.98. The van der Waals surface area contributed by atoms with Crippen LogP contribution in [-0.2, 0) is 4.79 Å². The van der Waals surface area contributed by atoms with Crippen molar-refractivity contribution in [3.63, 3.8) is 0 Å². The molecule has 3 heteroatoms. The minimum Gasteiger partial charge on any atom is -0.356 e. The van der Waals surface area contributed by atoms with Crippen LogP contribution in [0.5, 0.6) is 0 Å². The Kier molecular flexibility index (Phi) is 7.33. The predicted molar refractivity (Wildman–Crippen MR) is 76.2 cm³/mol. The van der Waals surface area contributed by atoms with Gasteiger partial charge in [-0.25, -0.2) is 0 Å². The first-order chi connectivity index (χ1) is 8.65. The summed E-state index contributed by atoms with van der Waals surface area (Å²) in [7, 11) is 0. The summed E-state index contributed by atoms with van der Waals surface area (Å²) in [5.41, 5.74) is 5.57. The van der Waals surface area contributed by atoms with E-state index in [2.05, 4.69) is 19.2 Å². The van der Waals surface area contributed by atoms with Crippen LogP contribution in [0.25, 0.3) is 0 Å². The molecule has 0 saturated heterocycles. The normalized spacial score (nSPS) is 25.1. The first-order valence-electron chi connectivity index (χ1n) is 7.62. The molecule has 3 nitrogen and oxygen atoms in total. The average molecular weight is 254 g/mol. The Labute approximate surface area is 112 Å². The van der Waals surface area contributed by atoms with Crippen LogP contribution in [-0.4, -0.2) is 19.0 Å². The van der Waals surface area contributed by atoms with Crippen molar-refractivity contribution in [2.75, 3.05) is 13.1 Å². The number of rotatable bonds is 8. The molecule has 3 atom stereocenters. The molecule has 1 aliphatic carbocycles. The van der Waals surface area contributed by atoms with Crippen molar-refractivity contribution >= 4 is 5.91 Å². The van der Waals surface area contributed by atoms with Crippen molar-refractivity contribution in [2.24, 2.45) is 23.5 Å². The fourth-order valence-corrected chi connectivity index (χ4v) is 2.98. The van der Waals surface area contributed by atoms with Gasteiger partial charge in [0.15, 0.2) is 0 Å². The molecule has 1 saturated carbocycles. The number of amides is 1. The Morgan fingerprint density at radius 1 is 1.39 bits per heavy atom. The van der Waals surface area contributed by atoms with Gasteiger partial charge in [-0.3, -0.25) is 4.79 Å². The number of hydrogen-bond acceptors (Lipinski definition) is 2. The number of nitrogens with two attached hydrogens (primary N) is 1. The summed E-state index contributed by atoms with van der Waals surface area (Å²) in [6.07, 6.45) is 7.72. The second kappa shape index (κ2) is 8.52. The molecule has 1 rings (SSSR count). The minimum absolute atomic E-state index is 0.227. The standard InChI is InChI=1S/C15H30N2O/c1-3-13(8-9-16)6-7-15(18)17-11-14-5-4-12(2)10-14/h12-14H,3-11,16H2,1-2H3,(H,17,18). The van der Waals surface area contributed by atoms with Crippen LogP contribution in [0.4, 0.5) is 0 Å². The lowest BCUT2D eigenvalue weighted by Crippen LogP contribution is -2.28. The van der Waals surface area contributed by atoms with E-state index < -0.39 is 0 Å². The van der Waals surface area contributed by atoms with Crippen molar-refractivity contribution in [3.05, 3.63) is 0 Å². The molecule has 0 radical (unpaired) electrons. The molecule has 1 aliphatic rings. The maximum absolute atomic E-state index is 11.8. The van der Waals surface area contributed by atoms with Crippen LogP contribution in [0.15, 0.2) is 0 Å². The summed E-state index contributed by atoms with van der Waals surface area (Å²) >= 11 is 0. The first kappa shape index (κ1) is 15.5. The highest BCUT2D eigenvalue weighted by Gasteiger charge is 2.21. The Morgan fingerprint density at radius 2 is 2.17 bits per heavy atom. The van der Waals surface area contributed by atoms with E-state index in [0.29, 0.717) is 12.3 Å². The zero-order chi connectivity index (χ0) is 13.4. The van der Waals surface area contributed by atoms with E-state index in [4.69, 9.17) is 5.73 Å². The molecule has 0 bridgehead atoms. The largest absolute Gasteiger partial charge is 0.356 e. The first-order valence-corrected chi connectivity index (χ1v) is 7.62. The maximum atomic E-state index is 11.8. The van der Waals surface area contributed by atoms with Crippen molar-refractivity contribution < 1.29 is 4.79 Å². The Morgan fingerprint density at radius 3 is 2.72 bits per heavy atom. The van der Waals surface area contributed by atoms with Gasteiger partial charge in [-0.2, -0.15) is 0 Å². The topological polar surface area (TPSA) is 55.1 Å².